The molecular weight excluding hydrogens is 270 g/mol. The number of aryl methyl sites for hydroxylation is 1. The number of carboxylic acid groups (broad SMARTS) is 1. The van der Waals surface area contributed by atoms with Crippen LogP contribution in [0.4, 0.5) is 5.82 Å². The molecule has 3 unspecified atom stereocenters. The summed E-state index contributed by atoms with van der Waals surface area (Å²) in [6, 6.07) is -0.476. The molecule has 1 aliphatic carbocycles. The van der Waals surface area contributed by atoms with E-state index in [9.17, 15) is 9.90 Å². The molecular formula is C14H17N5O2. The second-order valence-corrected chi connectivity index (χ2v) is 5.99. The number of aromatic nitrogens is 4. The van der Waals surface area contributed by atoms with Crippen molar-refractivity contribution < 1.29 is 9.90 Å². The lowest BCUT2D eigenvalue weighted by molar-refractivity contribution is -0.139. The highest BCUT2D eigenvalue weighted by atomic mass is 16.4. The first kappa shape index (κ1) is 12.6. The van der Waals surface area contributed by atoms with Crippen LogP contribution < -0.4 is 4.90 Å². The van der Waals surface area contributed by atoms with Gasteiger partial charge in [0.15, 0.2) is 5.65 Å². The highest BCUT2D eigenvalue weighted by Gasteiger charge is 2.48. The van der Waals surface area contributed by atoms with Crippen LogP contribution in [0, 0.1) is 11.8 Å². The van der Waals surface area contributed by atoms with Crippen molar-refractivity contribution in [1.82, 2.24) is 19.7 Å². The number of carboxylic acids is 1. The molecule has 4 rings (SSSR count). The summed E-state index contributed by atoms with van der Waals surface area (Å²) in [6.07, 6.45) is 6.47. The van der Waals surface area contributed by atoms with Crippen molar-refractivity contribution in [2.75, 3.05) is 11.4 Å². The molecule has 110 valence electrons. The molecule has 1 aliphatic heterocycles. The molecule has 1 saturated carbocycles. The number of hydrogen-bond donors (Lipinski definition) is 1. The molecule has 2 aromatic rings. The molecule has 3 atom stereocenters. The molecule has 0 amide bonds. The summed E-state index contributed by atoms with van der Waals surface area (Å²) >= 11 is 0. The predicted octanol–water partition coefficient (Wildman–Crippen LogP) is 1.05. The minimum atomic E-state index is -0.750. The molecule has 2 aromatic heterocycles. The van der Waals surface area contributed by atoms with Gasteiger partial charge in [-0.2, -0.15) is 5.10 Å². The van der Waals surface area contributed by atoms with Gasteiger partial charge in [-0.1, -0.05) is 6.42 Å². The Balaban J connectivity index is 1.82. The van der Waals surface area contributed by atoms with Gasteiger partial charge < -0.3 is 10.0 Å². The average Bonchev–Trinajstić information content (AvgIpc) is 3.12. The molecule has 1 saturated heterocycles. The first-order valence-corrected chi connectivity index (χ1v) is 7.29. The minimum Gasteiger partial charge on any atom is -0.480 e. The number of hydrogen-bond acceptors (Lipinski definition) is 5. The van der Waals surface area contributed by atoms with Gasteiger partial charge in [0, 0.05) is 13.6 Å². The Hall–Kier alpha value is -2.18. The van der Waals surface area contributed by atoms with Crippen molar-refractivity contribution in [3.63, 3.8) is 0 Å². The van der Waals surface area contributed by atoms with Gasteiger partial charge in [-0.3, -0.25) is 4.68 Å². The zero-order chi connectivity index (χ0) is 14.6. The molecule has 1 N–H and O–H groups in total. The maximum absolute atomic E-state index is 11.8. The Bertz CT molecular complexity index is 712. The zero-order valence-electron chi connectivity index (χ0n) is 11.8. The maximum Gasteiger partial charge on any atom is 0.326 e. The Labute approximate surface area is 121 Å². The first-order valence-electron chi connectivity index (χ1n) is 7.29. The van der Waals surface area contributed by atoms with E-state index >= 15 is 0 Å². The van der Waals surface area contributed by atoms with Crippen LogP contribution in [0.3, 0.4) is 0 Å². The molecule has 2 fully saturated rings. The Morgan fingerprint density at radius 3 is 3.05 bits per heavy atom. The Morgan fingerprint density at radius 2 is 2.24 bits per heavy atom. The van der Waals surface area contributed by atoms with Crippen LogP contribution >= 0.6 is 0 Å². The highest BCUT2D eigenvalue weighted by molar-refractivity contribution is 5.90. The zero-order valence-corrected chi connectivity index (χ0v) is 11.8. The van der Waals surface area contributed by atoms with Crippen molar-refractivity contribution in [1.29, 1.82) is 0 Å². The number of aliphatic carboxylic acids is 1. The van der Waals surface area contributed by atoms with Gasteiger partial charge in [-0.05, 0) is 24.7 Å². The van der Waals surface area contributed by atoms with E-state index in [0.29, 0.717) is 11.7 Å². The second kappa shape index (κ2) is 4.41. The number of anilines is 1. The molecule has 0 radical (unpaired) electrons. The van der Waals surface area contributed by atoms with E-state index in [-0.39, 0.29) is 5.92 Å². The topological polar surface area (TPSA) is 84.1 Å². The molecule has 7 heteroatoms. The van der Waals surface area contributed by atoms with Crippen LogP contribution in [-0.4, -0.2) is 43.4 Å². The third kappa shape index (κ3) is 1.73. The number of nitrogens with zero attached hydrogens (tertiary/aromatic N) is 5. The van der Waals surface area contributed by atoms with Gasteiger partial charge in [-0.15, -0.1) is 0 Å². The SMILES string of the molecule is Cn1ncc2c(N3CC4CCCC4C3C(=O)O)ncnc21. The lowest BCUT2D eigenvalue weighted by Gasteiger charge is -2.25. The van der Waals surface area contributed by atoms with Gasteiger partial charge in [0.1, 0.15) is 18.2 Å². The van der Waals surface area contributed by atoms with Gasteiger partial charge in [-0.25, -0.2) is 14.8 Å². The first-order chi connectivity index (χ1) is 10.2. The largest absolute Gasteiger partial charge is 0.480 e. The second-order valence-electron chi connectivity index (χ2n) is 5.99. The van der Waals surface area contributed by atoms with Crippen molar-refractivity contribution >= 4 is 22.8 Å². The Morgan fingerprint density at radius 1 is 1.38 bits per heavy atom. The molecule has 0 spiro atoms. The monoisotopic (exact) mass is 287 g/mol. The number of carbonyl (C=O) groups is 1. The number of rotatable bonds is 2. The van der Waals surface area contributed by atoms with Gasteiger partial charge >= 0.3 is 5.97 Å². The molecule has 0 aromatic carbocycles. The van der Waals surface area contributed by atoms with Gasteiger partial charge in [0.2, 0.25) is 0 Å². The number of fused-ring (bicyclic) bond motifs is 2. The van der Waals surface area contributed by atoms with E-state index in [1.165, 1.54) is 6.33 Å². The summed E-state index contributed by atoms with van der Waals surface area (Å²) in [4.78, 5) is 22.3. The van der Waals surface area contributed by atoms with E-state index in [1.54, 1.807) is 10.9 Å². The lowest BCUT2D eigenvalue weighted by atomic mass is 9.94. The third-order valence-electron chi connectivity index (χ3n) is 4.92. The molecule has 3 heterocycles. The van der Waals surface area contributed by atoms with Crippen LogP contribution in [-0.2, 0) is 11.8 Å². The van der Waals surface area contributed by atoms with Gasteiger partial charge in [0.05, 0.1) is 11.6 Å². The molecule has 0 bridgehead atoms. The van der Waals surface area contributed by atoms with Crippen LogP contribution in [0.25, 0.3) is 11.0 Å². The maximum atomic E-state index is 11.8. The summed E-state index contributed by atoms with van der Waals surface area (Å²) in [7, 11) is 1.83. The predicted molar refractivity (Wildman–Crippen MR) is 75.9 cm³/mol. The van der Waals surface area contributed by atoms with Crippen molar-refractivity contribution in [3.05, 3.63) is 12.5 Å². The molecule has 7 nitrogen and oxygen atoms in total. The van der Waals surface area contributed by atoms with Crippen LogP contribution in [0.5, 0.6) is 0 Å². The fourth-order valence-corrected chi connectivity index (χ4v) is 4.02. The normalized spacial score (nSPS) is 28.2. The quantitative estimate of drug-likeness (QED) is 0.889. The minimum absolute atomic E-state index is 0.240. The van der Waals surface area contributed by atoms with E-state index in [2.05, 4.69) is 15.1 Å². The average molecular weight is 287 g/mol. The molecule has 21 heavy (non-hydrogen) atoms. The van der Waals surface area contributed by atoms with Crippen LogP contribution in [0.2, 0.25) is 0 Å². The van der Waals surface area contributed by atoms with E-state index in [4.69, 9.17) is 0 Å². The Kier molecular flexibility index (Phi) is 2.63. The highest BCUT2D eigenvalue weighted by Crippen LogP contribution is 2.44. The van der Waals surface area contributed by atoms with E-state index in [0.717, 1.165) is 36.8 Å². The van der Waals surface area contributed by atoms with Crippen LogP contribution in [0.15, 0.2) is 12.5 Å². The third-order valence-corrected chi connectivity index (χ3v) is 4.92. The fourth-order valence-electron chi connectivity index (χ4n) is 4.02. The summed E-state index contributed by atoms with van der Waals surface area (Å²) in [5, 5.41) is 14.7. The van der Waals surface area contributed by atoms with Crippen molar-refractivity contribution in [3.8, 4) is 0 Å². The van der Waals surface area contributed by atoms with Crippen molar-refractivity contribution in [2.24, 2.45) is 18.9 Å². The standard InChI is InChI=1S/C14H17N5O2/c1-18-12-10(5-17-18)13(16-7-15-12)19-6-8-3-2-4-9(8)11(19)14(20)21/h5,7-9,11H,2-4,6H2,1H3,(H,20,21). The summed E-state index contributed by atoms with van der Waals surface area (Å²) in [5.41, 5.74) is 0.737. The van der Waals surface area contributed by atoms with Gasteiger partial charge in [0.25, 0.3) is 0 Å². The van der Waals surface area contributed by atoms with Crippen LogP contribution in [0.1, 0.15) is 19.3 Å². The smallest absolute Gasteiger partial charge is 0.326 e. The molecule has 2 aliphatic rings. The van der Waals surface area contributed by atoms with E-state index in [1.807, 2.05) is 11.9 Å². The fraction of sp³-hybridized carbons (Fsp3) is 0.571. The van der Waals surface area contributed by atoms with E-state index < -0.39 is 12.0 Å². The summed E-state index contributed by atoms with van der Waals surface area (Å²) in [6.45, 7) is 0.767. The summed E-state index contributed by atoms with van der Waals surface area (Å²) in [5.74, 6) is 0.659. The lowest BCUT2D eigenvalue weighted by Crippen LogP contribution is -2.40. The van der Waals surface area contributed by atoms with Crippen molar-refractivity contribution in [2.45, 2.75) is 25.3 Å². The summed E-state index contributed by atoms with van der Waals surface area (Å²) < 4.78 is 1.69.